The first-order chi connectivity index (χ1) is 5.72. The average Bonchev–Trinajstić information content (AvgIpc) is 2.36. The van der Waals surface area contributed by atoms with Crippen molar-refractivity contribution < 1.29 is 14.1 Å². The number of amides is 1. The zero-order valence-corrected chi connectivity index (χ0v) is 7.15. The lowest BCUT2D eigenvalue weighted by molar-refractivity contribution is -0.670. The Labute approximate surface area is 70.5 Å². The van der Waals surface area contributed by atoms with Gasteiger partial charge in [-0.1, -0.05) is 0 Å². The SMILES string of the molecule is CCOC(=O)Nn1cc[n+](C)c1. The van der Waals surface area contributed by atoms with Crippen molar-refractivity contribution in [3.8, 4) is 0 Å². The fraction of sp³-hybridized carbons (Fsp3) is 0.429. The first-order valence-electron chi connectivity index (χ1n) is 3.69. The molecule has 0 bridgehead atoms. The molecule has 1 N–H and O–H groups in total. The summed E-state index contributed by atoms with van der Waals surface area (Å²) in [6.07, 6.45) is 4.80. The maximum Gasteiger partial charge on any atom is 0.443 e. The molecule has 0 radical (unpaired) electrons. The number of nitrogens with zero attached hydrogens (tertiary/aromatic N) is 2. The van der Waals surface area contributed by atoms with Crippen LogP contribution in [0.1, 0.15) is 6.92 Å². The third kappa shape index (κ3) is 2.26. The molecule has 0 saturated carbocycles. The lowest BCUT2D eigenvalue weighted by atomic mass is 10.9. The van der Waals surface area contributed by atoms with E-state index in [4.69, 9.17) is 0 Å². The second-order valence-corrected chi connectivity index (χ2v) is 2.32. The van der Waals surface area contributed by atoms with Gasteiger partial charge < -0.3 is 4.74 Å². The number of aromatic nitrogens is 2. The molecule has 1 heterocycles. The Hall–Kier alpha value is -1.52. The highest BCUT2D eigenvalue weighted by Gasteiger charge is 2.05. The van der Waals surface area contributed by atoms with Crippen LogP contribution in [0.2, 0.25) is 0 Å². The Kier molecular flexibility index (Phi) is 2.68. The van der Waals surface area contributed by atoms with Crippen LogP contribution in [-0.4, -0.2) is 17.4 Å². The molecule has 0 saturated heterocycles. The van der Waals surface area contributed by atoms with Gasteiger partial charge >= 0.3 is 6.09 Å². The lowest BCUT2D eigenvalue weighted by Gasteiger charge is -1.98. The molecule has 0 atom stereocenters. The van der Waals surface area contributed by atoms with Crippen LogP contribution in [0.4, 0.5) is 4.79 Å². The molecule has 0 fully saturated rings. The molecule has 0 unspecified atom stereocenters. The number of hydrogen-bond acceptors (Lipinski definition) is 2. The second kappa shape index (κ2) is 3.75. The van der Waals surface area contributed by atoms with Gasteiger partial charge in [0.1, 0.15) is 6.20 Å². The Morgan fingerprint density at radius 2 is 2.50 bits per heavy atom. The van der Waals surface area contributed by atoms with E-state index in [9.17, 15) is 4.79 Å². The molecule has 1 aromatic heterocycles. The van der Waals surface area contributed by atoms with Gasteiger partial charge in [0.25, 0.3) is 6.33 Å². The molecule has 5 heteroatoms. The fourth-order valence-electron chi connectivity index (χ4n) is 0.785. The summed E-state index contributed by atoms with van der Waals surface area (Å²) in [5, 5.41) is 0. The van der Waals surface area contributed by atoms with Gasteiger partial charge in [0, 0.05) is 0 Å². The van der Waals surface area contributed by atoms with Crippen LogP contribution in [-0.2, 0) is 11.8 Å². The summed E-state index contributed by atoms with van der Waals surface area (Å²) >= 11 is 0. The minimum absolute atomic E-state index is 0.374. The first-order valence-corrected chi connectivity index (χ1v) is 3.69. The van der Waals surface area contributed by atoms with Gasteiger partial charge in [0.15, 0.2) is 6.20 Å². The van der Waals surface area contributed by atoms with Gasteiger partial charge in [0.05, 0.1) is 13.7 Å². The Balaban J connectivity index is 2.46. The first kappa shape index (κ1) is 8.58. The van der Waals surface area contributed by atoms with E-state index in [1.54, 1.807) is 19.4 Å². The lowest BCUT2D eigenvalue weighted by Crippen LogP contribution is -2.27. The van der Waals surface area contributed by atoms with Crippen LogP contribution >= 0.6 is 0 Å². The van der Waals surface area contributed by atoms with E-state index in [0.717, 1.165) is 0 Å². The van der Waals surface area contributed by atoms with E-state index in [-0.39, 0.29) is 0 Å². The quantitative estimate of drug-likeness (QED) is 0.636. The van der Waals surface area contributed by atoms with Crippen molar-refractivity contribution in [2.75, 3.05) is 12.0 Å². The summed E-state index contributed by atoms with van der Waals surface area (Å²) in [7, 11) is 1.86. The predicted octanol–water partition coefficient (Wildman–Crippen LogP) is 0.0126. The third-order valence-corrected chi connectivity index (χ3v) is 1.26. The van der Waals surface area contributed by atoms with Crippen molar-refractivity contribution in [1.82, 2.24) is 4.68 Å². The van der Waals surface area contributed by atoms with Crippen molar-refractivity contribution in [1.29, 1.82) is 0 Å². The highest BCUT2D eigenvalue weighted by atomic mass is 16.5. The van der Waals surface area contributed by atoms with Crippen LogP contribution in [0.3, 0.4) is 0 Å². The summed E-state index contributed by atoms with van der Waals surface area (Å²) in [6.45, 7) is 2.13. The molecule has 5 nitrogen and oxygen atoms in total. The summed E-state index contributed by atoms with van der Waals surface area (Å²) in [5.41, 5.74) is 2.50. The molecule has 1 rings (SSSR count). The number of imidazole rings is 1. The predicted molar refractivity (Wildman–Crippen MR) is 42.0 cm³/mol. The third-order valence-electron chi connectivity index (χ3n) is 1.26. The van der Waals surface area contributed by atoms with E-state index >= 15 is 0 Å². The minimum atomic E-state index is -0.450. The smallest absolute Gasteiger partial charge is 0.443 e. The molecule has 0 aliphatic carbocycles. The van der Waals surface area contributed by atoms with Crippen LogP contribution in [0.5, 0.6) is 0 Å². The van der Waals surface area contributed by atoms with Crippen molar-refractivity contribution in [3.63, 3.8) is 0 Å². The van der Waals surface area contributed by atoms with Gasteiger partial charge in [-0.15, -0.1) is 4.68 Å². The largest absolute Gasteiger partial charge is 0.448 e. The Morgan fingerprint density at radius 3 is 3.00 bits per heavy atom. The van der Waals surface area contributed by atoms with Crippen LogP contribution in [0.25, 0.3) is 0 Å². The highest BCUT2D eigenvalue weighted by Crippen LogP contribution is 1.81. The Bertz CT molecular complexity index is 269. The topological polar surface area (TPSA) is 47.1 Å². The average molecular weight is 170 g/mol. The molecule has 0 aliphatic heterocycles. The molecule has 0 aliphatic rings. The van der Waals surface area contributed by atoms with Crippen molar-refractivity contribution in [3.05, 3.63) is 18.7 Å². The minimum Gasteiger partial charge on any atom is -0.448 e. The highest BCUT2D eigenvalue weighted by molar-refractivity contribution is 5.75. The van der Waals surface area contributed by atoms with Gasteiger partial charge in [0.2, 0.25) is 0 Å². The van der Waals surface area contributed by atoms with E-state index in [1.807, 2.05) is 17.8 Å². The van der Waals surface area contributed by atoms with E-state index in [0.29, 0.717) is 6.61 Å². The molecule has 0 aromatic carbocycles. The monoisotopic (exact) mass is 170 g/mol. The number of carbonyl (C=O) groups is 1. The number of ether oxygens (including phenoxy) is 1. The number of rotatable bonds is 2. The number of carbonyl (C=O) groups excluding carboxylic acids is 1. The Morgan fingerprint density at radius 1 is 1.75 bits per heavy atom. The van der Waals surface area contributed by atoms with Crippen LogP contribution < -0.4 is 9.99 Å². The zero-order chi connectivity index (χ0) is 8.97. The maximum atomic E-state index is 10.9. The molecule has 1 aromatic rings. The van der Waals surface area contributed by atoms with Crippen molar-refractivity contribution in [2.45, 2.75) is 6.92 Å². The summed E-state index contributed by atoms with van der Waals surface area (Å²) in [6, 6.07) is 0. The van der Waals surface area contributed by atoms with Crippen molar-refractivity contribution in [2.24, 2.45) is 7.05 Å². The standard InChI is InChI=1S/C7H11N3O2/c1-3-12-7(11)8-10-5-4-9(2)6-10/h4-6H,3H2,1-2H3/p+1. The van der Waals surface area contributed by atoms with Gasteiger partial charge in [-0.05, 0) is 6.92 Å². The summed E-state index contributed by atoms with van der Waals surface area (Å²) < 4.78 is 8.01. The fourth-order valence-corrected chi connectivity index (χ4v) is 0.785. The molecule has 66 valence electrons. The van der Waals surface area contributed by atoms with E-state index < -0.39 is 6.09 Å². The summed E-state index contributed by atoms with van der Waals surface area (Å²) in [4.78, 5) is 10.9. The molecule has 1 amide bonds. The molecular formula is C7H12N3O2+. The maximum absolute atomic E-state index is 10.9. The molecular weight excluding hydrogens is 158 g/mol. The number of nitrogens with one attached hydrogen (secondary N) is 1. The van der Waals surface area contributed by atoms with E-state index in [1.165, 1.54) is 4.68 Å². The second-order valence-electron chi connectivity index (χ2n) is 2.32. The van der Waals surface area contributed by atoms with Crippen LogP contribution in [0.15, 0.2) is 18.7 Å². The van der Waals surface area contributed by atoms with Gasteiger partial charge in [-0.2, -0.15) is 5.43 Å². The van der Waals surface area contributed by atoms with Gasteiger partial charge in [-0.25, -0.2) is 9.36 Å². The van der Waals surface area contributed by atoms with E-state index in [2.05, 4.69) is 10.2 Å². The van der Waals surface area contributed by atoms with Gasteiger partial charge in [-0.3, -0.25) is 0 Å². The summed E-state index contributed by atoms with van der Waals surface area (Å²) in [5.74, 6) is 0. The van der Waals surface area contributed by atoms with Crippen LogP contribution in [0, 0.1) is 0 Å². The number of hydrogen-bond donors (Lipinski definition) is 1. The van der Waals surface area contributed by atoms with Crippen molar-refractivity contribution >= 4 is 6.09 Å². The zero-order valence-electron chi connectivity index (χ0n) is 7.15. The number of aryl methyl sites for hydroxylation is 1. The molecule has 12 heavy (non-hydrogen) atoms. The molecule has 0 spiro atoms. The normalized spacial score (nSPS) is 9.50.